The summed E-state index contributed by atoms with van der Waals surface area (Å²) in [5.41, 5.74) is 2.09. The van der Waals surface area contributed by atoms with E-state index in [0.717, 1.165) is 0 Å². The molecule has 0 bridgehead atoms. The van der Waals surface area contributed by atoms with Crippen molar-refractivity contribution in [3.05, 3.63) is 0 Å². The maximum atomic E-state index is 11.4. The molecule has 0 aromatic heterocycles. The Bertz CT molecular complexity index is 243. The molecule has 0 aromatic carbocycles. The third kappa shape index (κ3) is 5.67. The van der Waals surface area contributed by atoms with E-state index in [0.29, 0.717) is 19.4 Å². The van der Waals surface area contributed by atoms with Crippen LogP contribution < -0.4 is 11.3 Å². The number of amides is 2. The molecule has 0 heterocycles. The lowest BCUT2D eigenvalue weighted by Gasteiger charge is -2.25. The van der Waals surface area contributed by atoms with Crippen LogP contribution in [0.2, 0.25) is 0 Å². The summed E-state index contributed by atoms with van der Waals surface area (Å²) in [4.78, 5) is 25.9. The summed E-state index contributed by atoms with van der Waals surface area (Å²) < 4.78 is 0. The molecule has 0 rings (SSSR count). The number of nitrogens with one attached hydrogen (secondary N) is 1. The zero-order chi connectivity index (χ0) is 12.7. The van der Waals surface area contributed by atoms with E-state index >= 15 is 0 Å². The number of hydrazine groups is 1. The summed E-state index contributed by atoms with van der Waals surface area (Å²) in [6.45, 7) is 2.34. The summed E-state index contributed by atoms with van der Waals surface area (Å²) in [7, 11) is 5.32. The van der Waals surface area contributed by atoms with Gasteiger partial charge in [-0.1, -0.05) is 0 Å². The molecule has 16 heavy (non-hydrogen) atoms. The highest BCUT2D eigenvalue weighted by Crippen LogP contribution is 2.04. The highest BCUT2D eigenvalue weighted by molar-refractivity contribution is 5.77. The quantitative estimate of drug-likeness (QED) is 0.354. The first-order valence-electron chi connectivity index (χ1n) is 5.28. The lowest BCUT2D eigenvalue weighted by molar-refractivity contribution is -0.130. The summed E-state index contributed by atoms with van der Waals surface area (Å²) in [6.07, 6.45) is 1.05. The van der Waals surface area contributed by atoms with Gasteiger partial charge in [0.1, 0.15) is 0 Å². The molecule has 0 radical (unpaired) electrons. The molecule has 0 saturated carbocycles. The Labute approximate surface area is 96.7 Å². The number of carbonyl (C=O) groups is 2. The summed E-state index contributed by atoms with van der Waals surface area (Å²) in [6, 6.07) is 0.168. The number of likely N-dealkylation sites (N-methyl/N-ethyl adjacent to an activating group) is 2. The van der Waals surface area contributed by atoms with Gasteiger partial charge in [0.15, 0.2) is 0 Å². The number of carbonyl (C=O) groups excluding carboxylic acids is 2. The highest BCUT2D eigenvalue weighted by Gasteiger charge is 2.15. The first kappa shape index (κ1) is 14.9. The lowest BCUT2D eigenvalue weighted by Crippen LogP contribution is -2.39. The molecule has 0 saturated heterocycles. The van der Waals surface area contributed by atoms with Gasteiger partial charge in [-0.05, 0) is 20.4 Å². The monoisotopic (exact) mass is 230 g/mol. The molecule has 0 spiro atoms. The third-order valence-corrected chi connectivity index (χ3v) is 2.59. The van der Waals surface area contributed by atoms with Crippen LogP contribution in [-0.2, 0) is 9.59 Å². The van der Waals surface area contributed by atoms with Crippen molar-refractivity contribution in [2.75, 3.05) is 27.7 Å². The van der Waals surface area contributed by atoms with E-state index in [2.05, 4.69) is 5.43 Å². The van der Waals surface area contributed by atoms with E-state index in [1.54, 1.807) is 19.0 Å². The number of nitrogens with zero attached hydrogens (tertiary/aromatic N) is 2. The molecule has 2 amide bonds. The Kier molecular flexibility index (Phi) is 6.67. The average molecular weight is 230 g/mol. The first-order chi connectivity index (χ1) is 7.38. The Balaban J connectivity index is 3.94. The van der Waals surface area contributed by atoms with Crippen LogP contribution in [0.25, 0.3) is 0 Å². The largest absolute Gasteiger partial charge is 0.348 e. The Morgan fingerprint density at radius 2 is 1.88 bits per heavy atom. The van der Waals surface area contributed by atoms with Gasteiger partial charge in [0.2, 0.25) is 11.8 Å². The van der Waals surface area contributed by atoms with E-state index in [4.69, 9.17) is 5.84 Å². The molecule has 0 fully saturated rings. The molecule has 0 aliphatic heterocycles. The van der Waals surface area contributed by atoms with Crippen molar-refractivity contribution < 1.29 is 9.59 Å². The van der Waals surface area contributed by atoms with Crippen molar-refractivity contribution in [3.63, 3.8) is 0 Å². The minimum absolute atomic E-state index is 0.0534. The SMILES string of the molecule is CC(CCC(=O)NN)N(C)CC(=O)N(C)C. The maximum Gasteiger partial charge on any atom is 0.236 e. The normalized spacial score (nSPS) is 12.4. The highest BCUT2D eigenvalue weighted by atomic mass is 16.2. The fraction of sp³-hybridized carbons (Fsp3) is 0.800. The van der Waals surface area contributed by atoms with E-state index in [-0.39, 0.29) is 17.9 Å². The van der Waals surface area contributed by atoms with Crippen molar-refractivity contribution in [1.29, 1.82) is 0 Å². The van der Waals surface area contributed by atoms with Crippen LogP contribution in [0.3, 0.4) is 0 Å². The summed E-state index contributed by atoms with van der Waals surface area (Å²) >= 11 is 0. The van der Waals surface area contributed by atoms with Crippen molar-refractivity contribution in [3.8, 4) is 0 Å². The second-order valence-electron chi connectivity index (χ2n) is 4.16. The molecule has 1 unspecified atom stereocenters. The molecule has 6 nitrogen and oxygen atoms in total. The van der Waals surface area contributed by atoms with Crippen LogP contribution in [-0.4, -0.2) is 55.3 Å². The second kappa shape index (κ2) is 7.19. The molecule has 94 valence electrons. The van der Waals surface area contributed by atoms with Gasteiger partial charge < -0.3 is 4.90 Å². The number of rotatable bonds is 6. The Morgan fingerprint density at radius 3 is 2.31 bits per heavy atom. The molecular weight excluding hydrogens is 208 g/mol. The Hall–Kier alpha value is -1.14. The van der Waals surface area contributed by atoms with Crippen molar-refractivity contribution in [1.82, 2.24) is 15.2 Å². The maximum absolute atomic E-state index is 11.4. The average Bonchev–Trinajstić information content (AvgIpc) is 2.24. The first-order valence-corrected chi connectivity index (χ1v) is 5.28. The minimum Gasteiger partial charge on any atom is -0.348 e. The van der Waals surface area contributed by atoms with Gasteiger partial charge in [0, 0.05) is 26.6 Å². The van der Waals surface area contributed by atoms with Crippen LogP contribution in [0.15, 0.2) is 0 Å². The van der Waals surface area contributed by atoms with E-state index in [1.807, 2.05) is 18.9 Å². The van der Waals surface area contributed by atoms with Crippen molar-refractivity contribution >= 4 is 11.8 Å². The van der Waals surface area contributed by atoms with Gasteiger partial charge in [-0.2, -0.15) is 0 Å². The van der Waals surface area contributed by atoms with Gasteiger partial charge in [0.05, 0.1) is 6.54 Å². The minimum atomic E-state index is -0.181. The van der Waals surface area contributed by atoms with Gasteiger partial charge >= 0.3 is 0 Å². The van der Waals surface area contributed by atoms with E-state index in [9.17, 15) is 9.59 Å². The number of hydrogen-bond donors (Lipinski definition) is 2. The predicted molar refractivity (Wildman–Crippen MR) is 62.4 cm³/mol. The van der Waals surface area contributed by atoms with Crippen molar-refractivity contribution in [2.24, 2.45) is 5.84 Å². The van der Waals surface area contributed by atoms with E-state index in [1.165, 1.54) is 0 Å². The zero-order valence-electron chi connectivity index (χ0n) is 10.5. The molecule has 1 atom stereocenters. The van der Waals surface area contributed by atoms with Crippen molar-refractivity contribution in [2.45, 2.75) is 25.8 Å². The number of nitrogens with two attached hydrogens (primary N) is 1. The Morgan fingerprint density at radius 1 is 1.31 bits per heavy atom. The van der Waals surface area contributed by atoms with Gasteiger partial charge in [-0.15, -0.1) is 0 Å². The van der Waals surface area contributed by atoms with Gasteiger partial charge in [-0.3, -0.25) is 19.9 Å². The third-order valence-electron chi connectivity index (χ3n) is 2.59. The lowest BCUT2D eigenvalue weighted by atomic mass is 10.1. The number of hydrogen-bond acceptors (Lipinski definition) is 4. The fourth-order valence-electron chi connectivity index (χ4n) is 1.14. The van der Waals surface area contributed by atoms with Crippen LogP contribution in [0.1, 0.15) is 19.8 Å². The molecule has 0 aliphatic carbocycles. The summed E-state index contributed by atoms with van der Waals surface area (Å²) in [5.74, 6) is 4.85. The van der Waals surface area contributed by atoms with Crippen LogP contribution in [0.4, 0.5) is 0 Å². The molecule has 0 aromatic rings. The molecule has 6 heteroatoms. The topological polar surface area (TPSA) is 78.7 Å². The standard InChI is InChI=1S/C10H22N4O2/c1-8(5-6-9(15)12-11)14(4)7-10(16)13(2)3/h8H,5-7,11H2,1-4H3,(H,12,15). The molecule has 3 N–H and O–H groups in total. The smallest absolute Gasteiger partial charge is 0.236 e. The van der Waals surface area contributed by atoms with Gasteiger partial charge in [-0.25, -0.2) is 5.84 Å². The zero-order valence-corrected chi connectivity index (χ0v) is 10.5. The van der Waals surface area contributed by atoms with Crippen LogP contribution >= 0.6 is 0 Å². The van der Waals surface area contributed by atoms with Crippen LogP contribution in [0.5, 0.6) is 0 Å². The predicted octanol–water partition coefficient (Wildman–Crippen LogP) is -0.835. The molecular formula is C10H22N4O2. The second-order valence-corrected chi connectivity index (χ2v) is 4.16. The van der Waals surface area contributed by atoms with E-state index < -0.39 is 0 Å². The fourth-order valence-corrected chi connectivity index (χ4v) is 1.14. The van der Waals surface area contributed by atoms with Crippen LogP contribution in [0, 0.1) is 0 Å². The van der Waals surface area contributed by atoms with Gasteiger partial charge in [0.25, 0.3) is 0 Å². The molecule has 0 aliphatic rings. The summed E-state index contributed by atoms with van der Waals surface area (Å²) in [5, 5.41) is 0.